The summed E-state index contributed by atoms with van der Waals surface area (Å²) in [5.41, 5.74) is 1.40. The van der Waals surface area contributed by atoms with Gasteiger partial charge in [0.15, 0.2) is 0 Å². The monoisotopic (exact) mass is 388 g/mol. The summed E-state index contributed by atoms with van der Waals surface area (Å²) >= 11 is 0. The number of methoxy groups -OCH3 is 1. The number of hydrogen-bond donors (Lipinski definition) is 1. The van der Waals surface area contributed by atoms with Crippen molar-refractivity contribution in [1.29, 1.82) is 0 Å². The number of ether oxygens (including phenoxy) is 1. The molecule has 6 nitrogen and oxygen atoms in total. The van der Waals surface area contributed by atoms with Gasteiger partial charge >= 0.3 is 0 Å². The molecule has 144 valence electrons. The van der Waals surface area contributed by atoms with Crippen molar-refractivity contribution in [2.24, 2.45) is 0 Å². The molecule has 0 atom stereocenters. The van der Waals surface area contributed by atoms with Crippen LogP contribution < -0.4 is 4.72 Å². The van der Waals surface area contributed by atoms with Crippen molar-refractivity contribution in [3.63, 3.8) is 0 Å². The third-order valence-corrected chi connectivity index (χ3v) is 6.42. The number of carbonyl (C=O) groups is 1. The topological polar surface area (TPSA) is 75.7 Å². The molecule has 0 bridgehead atoms. The van der Waals surface area contributed by atoms with Crippen LogP contribution in [0.25, 0.3) is 0 Å². The second kappa shape index (κ2) is 7.80. The van der Waals surface area contributed by atoms with Crippen LogP contribution in [-0.2, 0) is 31.6 Å². The first-order chi connectivity index (χ1) is 12.9. The Morgan fingerprint density at radius 3 is 2.30 bits per heavy atom. The fraction of sp³-hybridized carbons (Fsp3) is 0.350. The lowest BCUT2D eigenvalue weighted by Crippen LogP contribution is -2.62. The molecular formula is C20H24N2O4S. The van der Waals surface area contributed by atoms with Crippen LogP contribution in [0.1, 0.15) is 18.1 Å². The molecule has 0 spiro atoms. The van der Waals surface area contributed by atoms with Crippen molar-refractivity contribution in [3.8, 4) is 0 Å². The van der Waals surface area contributed by atoms with Crippen LogP contribution in [-0.4, -0.2) is 46.0 Å². The zero-order valence-electron chi connectivity index (χ0n) is 15.5. The van der Waals surface area contributed by atoms with Crippen molar-refractivity contribution in [3.05, 3.63) is 65.7 Å². The quantitative estimate of drug-likeness (QED) is 0.786. The van der Waals surface area contributed by atoms with E-state index in [-0.39, 0.29) is 17.2 Å². The third-order valence-electron chi connectivity index (χ3n) is 4.86. The number of carbonyl (C=O) groups excluding carboxylic acids is 1. The minimum absolute atomic E-state index is 0.000830. The Bertz CT molecular complexity index is 889. The minimum Gasteiger partial charge on any atom is -0.370 e. The number of rotatable bonds is 7. The predicted octanol–water partition coefficient (Wildman–Crippen LogP) is 1.91. The molecule has 1 aliphatic heterocycles. The molecule has 1 aliphatic rings. The van der Waals surface area contributed by atoms with E-state index in [1.54, 1.807) is 31.1 Å². The van der Waals surface area contributed by atoms with Gasteiger partial charge in [-0.05, 0) is 23.3 Å². The molecule has 0 radical (unpaired) electrons. The van der Waals surface area contributed by atoms with E-state index in [0.29, 0.717) is 19.6 Å². The van der Waals surface area contributed by atoms with Crippen molar-refractivity contribution in [2.45, 2.75) is 23.8 Å². The van der Waals surface area contributed by atoms with Gasteiger partial charge in [0.05, 0.1) is 24.4 Å². The normalized spacial score (nSPS) is 16.0. The zero-order chi connectivity index (χ0) is 19.5. The van der Waals surface area contributed by atoms with Crippen LogP contribution in [0, 0.1) is 0 Å². The maximum atomic E-state index is 12.6. The summed E-state index contributed by atoms with van der Waals surface area (Å²) in [7, 11) is -1.81. The average molecular weight is 388 g/mol. The van der Waals surface area contributed by atoms with Crippen LogP contribution in [0.4, 0.5) is 0 Å². The Kier molecular flexibility index (Phi) is 5.64. The van der Waals surface area contributed by atoms with Gasteiger partial charge in [-0.2, -0.15) is 0 Å². The molecule has 0 aromatic heterocycles. The van der Waals surface area contributed by atoms with Crippen molar-refractivity contribution in [2.75, 3.05) is 26.7 Å². The molecule has 0 saturated carbocycles. The van der Waals surface area contributed by atoms with Crippen LogP contribution in [0.15, 0.2) is 59.5 Å². The van der Waals surface area contributed by atoms with Crippen molar-refractivity contribution < 1.29 is 17.9 Å². The summed E-state index contributed by atoms with van der Waals surface area (Å²) in [5.74, 6) is 0.000830. The molecule has 7 heteroatoms. The number of sulfonamides is 1. The van der Waals surface area contributed by atoms with Gasteiger partial charge in [0.1, 0.15) is 5.60 Å². The van der Waals surface area contributed by atoms with E-state index in [1.165, 1.54) is 12.1 Å². The molecular weight excluding hydrogens is 364 g/mol. The number of likely N-dealkylation sites (tertiary alicyclic amines) is 1. The SMILES string of the molecule is CCNS(=O)(=O)c1ccc(CC(=O)N2CC(OC)(c3ccccc3)C2)cc1. The van der Waals surface area contributed by atoms with Gasteiger partial charge in [0.2, 0.25) is 15.9 Å². The number of amides is 1. The number of hydrogen-bond acceptors (Lipinski definition) is 4. The molecule has 1 fully saturated rings. The summed E-state index contributed by atoms with van der Waals surface area (Å²) in [6.45, 7) is 3.09. The first-order valence-corrected chi connectivity index (χ1v) is 10.4. The van der Waals surface area contributed by atoms with Crippen LogP contribution in [0.2, 0.25) is 0 Å². The fourth-order valence-corrected chi connectivity index (χ4v) is 4.31. The van der Waals surface area contributed by atoms with E-state index < -0.39 is 15.6 Å². The van der Waals surface area contributed by atoms with Crippen LogP contribution >= 0.6 is 0 Å². The molecule has 3 rings (SSSR count). The van der Waals surface area contributed by atoms with Crippen LogP contribution in [0.5, 0.6) is 0 Å². The third kappa shape index (κ3) is 4.05. The highest BCUT2D eigenvalue weighted by molar-refractivity contribution is 7.89. The van der Waals surface area contributed by atoms with Gasteiger partial charge < -0.3 is 9.64 Å². The summed E-state index contributed by atoms with van der Waals surface area (Å²) in [6, 6.07) is 16.3. The van der Waals surface area contributed by atoms with Crippen LogP contribution in [0.3, 0.4) is 0 Å². The van der Waals surface area contributed by atoms with E-state index in [1.807, 2.05) is 30.3 Å². The Hall–Kier alpha value is -2.22. The standard InChI is InChI=1S/C20H24N2O4S/c1-3-21-27(24,25)18-11-9-16(10-12-18)13-19(23)22-14-20(15-22,26-2)17-7-5-4-6-8-17/h4-12,21H,3,13-15H2,1-2H3. The lowest BCUT2D eigenvalue weighted by molar-refractivity contribution is -0.164. The second-order valence-corrected chi connectivity index (χ2v) is 8.40. The summed E-state index contributed by atoms with van der Waals surface area (Å²) < 4.78 is 32.1. The predicted molar refractivity (Wildman–Crippen MR) is 103 cm³/mol. The Morgan fingerprint density at radius 2 is 1.74 bits per heavy atom. The molecule has 2 aromatic rings. The highest BCUT2D eigenvalue weighted by atomic mass is 32.2. The van der Waals surface area contributed by atoms with E-state index >= 15 is 0 Å². The lowest BCUT2D eigenvalue weighted by atomic mass is 9.85. The highest BCUT2D eigenvalue weighted by Gasteiger charge is 2.46. The molecule has 1 saturated heterocycles. The molecule has 2 aromatic carbocycles. The Balaban J connectivity index is 1.62. The largest absolute Gasteiger partial charge is 0.370 e. The summed E-state index contributed by atoms with van der Waals surface area (Å²) in [6.07, 6.45) is 0.232. The van der Waals surface area contributed by atoms with E-state index in [2.05, 4.69) is 4.72 Å². The Labute approximate surface area is 160 Å². The van der Waals surface area contributed by atoms with E-state index in [4.69, 9.17) is 4.74 Å². The second-order valence-electron chi connectivity index (χ2n) is 6.64. The first-order valence-electron chi connectivity index (χ1n) is 8.87. The number of nitrogens with one attached hydrogen (secondary N) is 1. The molecule has 1 N–H and O–H groups in total. The lowest BCUT2D eigenvalue weighted by Gasteiger charge is -2.49. The molecule has 0 unspecified atom stereocenters. The first kappa shape index (κ1) is 19.5. The van der Waals surface area contributed by atoms with E-state index in [9.17, 15) is 13.2 Å². The van der Waals surface area contributed by atoms with E-state index in [0.717, 1.165) is 11.1 Å². The van der Waals surface area contributed by atoms with Gasteiger partial charge in [0.25, 0.3) is 0 Å². The number of nitrogens with zero attached hydrogens (tertiary/aromatic N) is 1. The maximum Gasteiger partial charge on any atom is 0.240 e. The zero-order valence-corrected chi connectivity index (χ0v) is 16.3. The minimum atomic E-state index is -3.48. The molecule has 1 amide bonds. The van der Waals surface area contributed by atoms with Gasteiger partial charge in [-0.1, -0.05) is 49.4 Å². The fourth-order valence-electron chi connectivity index (χ4n) is 3.26. The molecule has 1 heterocycles. The van der Waals surface area contributed by atoms with Gasteiger partial charge in [-0.15, -0.1) is 0 Å². The maximum absolute atomic E-state index is 12.6. The molecule has 27 heavy (non-hydrogen) atoms. The van der Waals surface area contributed by atoms with Gasteiger partial charge in [-0.25, -0.2) is 13.1 Å². The Morgan fingerprint density at radius 1 is 1.11 bits per heavy atom. The van der Waals surface area contributed by atoms with Crippen molar-refractivity contribution >= 4 is 15.9 Å². The smallest absolute Gasteiger partial charge is 0.240 e. The van der Waals surface area contributed by atoms with Crippen molar-refractivity contribution in [1.82, 2.24) is 9.62 Å². The van der Waals surface area contributed by atoms with Gasteiger partial charge in [-0.3, -0.25) is 4.79 Å². The van der Waals surface area contributed by atoms with Gasteiger partial charge in [0, 0.05) is 13.7 Å². The summed E-state index contributed by atoms with van der Waals surface area (Å²) in [5, 5.41) is 0. The highest BCUT2D eigenvalue weighted by Crippen LogP contribution is 2.35. The average Bonchev–Trinajstić information content (AvgIpc) is 2.63. The number of benzene rings is 2. The summed E-state index contributed by atoms with van der Waals surface area (Å²) in [4.78, 5) is 14.5. The molecule has 0 aliphatic carbocycles.